The van der Waals surface area contributed by atoms with Crippen molar-refractivity contribution in [2.75, 3.05) is 13.1 Å². The number of nitrogens with zero attached hydrogens (tertiary/aromatic N) is 1. The van der Waals surface area contributed by atoms with Gasteiger partial charge in [0.2, 0.25) is 17.7 Å². The number of carbonyl (C=O) groups is 5. The van der Waals surface area contributed by atoms with Gasteiger partial charge < -0.3 is 37.2 Å². The summed E-state index contributed by atoms with van der Waals surface area (Å²) in [5.41, 5.74) is 12.1. The molecule has 8 N–H and O–H groups in total. The average Bonchev–Trinajstić information content (AvgIpc) is 3.36. The molecule has 0 spiro atoms. The molecule has 4 atom stereocenters. The molecule has 0 bridgehead atoms. The molecule has 1 saturated heterocycles. The third kappa shape index (κ3) is 9.47. The predicted molar refractivity (Wildman–Crippen MR) is 134 cm³/mol. The molecule has 12 nitrogen and oxygen atoms in total. The molecule has 0 saturated carbocycles. The molecule has 1 heterocycles. The van der Waals surface area contributed by atoms with E-state index in [-0.39, 0.29) is 32.2 Å². The number of carboxylic acid groups (broad SMARTS) is 2. The number of carboxylic acids is 2. The Balaban J connectivity index is 2.14. The van der Waals surface area contributed by atoms with Crippen LogP contribution < -0.4 is 22.1 Å². The number of nitrogens with two attached hydrogens (primary N) is 2. The van der Waals surface area contributed by atoms with Crippen LogP contribution in [-0.4, -0.2) is 82.0 Å². The summed E-state index contributed by atoms with van der Waals surface area (Å²) in [5.74, 6) is -3.97. The van der Waals surface area contributed by atoms with Crippen LogP contribution in [0.5, 0.6) is 0 Å². The van der Waals surface area contributed by atoms with E-state index in [0.717, 1.165) is 5.56 Å². The summed E-state index contributed by atoms with van der Waals surface area (Å²) in [6.45, 7) is 0.693. The molecule has 37 heavy (non-hydrogen) atoms. The zero-order chi connectivity index (χ0) is 27.4. The second-order valence-electron chi connectivity index (χ2n) is 9.16. The number of likely N-dealkylation sites (tertiary alicyclic amines) is 1. The smallest absolute Gasteiger partial charge is 0.326 e. The van der Waals surface area contributed by atoms with Crippen LogP contribution in [0.4, 0.5) is 0 Å². The Morgan fingerprint density at radius 1 is 1.00 bits per heavy atom. The monoisotopic (exact) mass is 519 g/mol. The first kappa shape index (κ1) is 29.7. The van der Waals surface area contributed by atoms with Crippen molar-refractivity contribution in [3.05, 3.63) is 35.9 Å². The van der Waals surface area contributed by atoms with Crippen LogP contribution in [0.15, 0.2) is 30.3 Å². The lowest BCUT2D eigenvalue weighted by Crippen LogP contribution is -2.57. The van der Waals surface area contributed by atoms with E-state index in [0.29, 0.717) is 32.2 Å². The highest BCUT2D eigenvalue weighted by molar-refractivity contribution is 5.94. The van der Waals surface area contributed by atoms with E-state index in [1.165, 1.54) is 4.90 Å². The predicted octanol–water partition coefficient (Wildman–Crippen LogP) is -0.405. The Kier molecular flexibility index (Phi) is 12.0. The first-order chi connectivity index (χ1) is 17.6. The minimum Gasteiger partial charge on any atom is -0.481 e. The van der Waals surface area contributed by atoms with E-state index in [1.807, 2.05) is 6.07 Å². The first-order valence-corrected chi connectivity index (χ1v) is 12.5. The van der Waals surface area contributed by atoms with Gasteiger partial charge in [0.05, 0.1) is 6.04 Å². The van der Waals surface area contributed by atoms with Crippen LogP contribution in [0.25, 0.3) is 0 Å². The van der Waals surface area contributed by atoms with Crippen molar-refractivity contribution in [1.29, 1.82) is 0 Å². The molecular weight excluding hydrogens is 482 g/mol. The zero-order valence-electron chi connectivity index (χ0n) is 20.8. The highest BCUT2D eigenvalue weighted by Crippen LogP contribution is 2.20. The largest absolute Gasteiger partial charge is 0.481 e. The summed E-state index contributed by atoms with van der Waals surface area (Å²) in [4.78, 5) is 63.0. The van der Waals surface area contributed by atoms with Gasteiger partial charge in [0.15, 0.2) is 0 Å². The number of aliphatic carboxylic acids is 2. The Bertz CT molecular complexity index is 943. The van der Waals surface area contributed by atoms with Gasteiger partial charge in [-0.1, -0.05) is 30.3 Å². The zero-order valence-corrected chi connectivity index (χ0v) is 20.8. The molecule has 1 aromatic rings. The van der Waals surface area contributed by atoms with E-state index in [2.05, 4.69) is 10.6 Å². The third-order valence-corrected chi connectivity index (χ3v) is 6.30. The molecular formula is C25H37N5O7. The molecule has 1 fully saturated rings. The minimum atomic E-state index is -1.18. The Morgan fingerprint density at radius 3 is 2.32 bits per heavy atom. The van der Waals surface area contributed by atoms with Crippen LogP contribution in [0.2, 0.25) is 0 Å². The van der Waals surface area contributed by atoms with E-state index in [1.54, 1.807) is 24.3 Å². The van der Waals surface area contributed by atoms with Crippen molar-refractivity contribution in [2.45, 2.75) is 75.5 Å². The molecule has 1 aliphatic heterocycles. The summed E-state index contributed by atoms with van der Waals surface area (Å²) < 4.78 is 0. The summed E-state index contributed by atoms with van der Waals surface area (Å²) in [7, 11) is 0. The fraction of sp³-hybridized carbons (Fsp3) is 0.560. The normalized spacial score (nSPS) is 17.5. The summed E-state index contributed by atoms with van der Waals surface area (Å²) in [6.07, 6.45) is 2.03. The van der Waals surface area contributed by atoms with Gasteiger partial charge in [-0.2, -0.15) is 0 Å². The van der Waals surface area contributed by atoms with Gasteiger partial charge in [-0.3, -0.25) is 19.2 Å². The third-order valence-electron chi connectivity index (χ3n) is 6.30. The van der Waals surface area contributed by atoms with Crippen LogP contribution in [0, 0.1) is 0 Å². The van der Waals surface area contributed by atoms with E-state index in [4.69, 9.17) is 16.6 Å². The topological polar surface area (TPSA) is 205 Å². The molecule has 204 valence electrons. The number of hydrogen-bond donors (Lipinski definition) is 6. The van der Waals surface area contributed by atoms with Gasteiger partial charge in [-0.15, -0.1) is 0 Å². The summed E-state index contributed by atoms with van der Waals surface area (Å²) in [6, 6.07) is 4.82. The number of hydrogen-bond acceptors (Lipinski definition) is 7. The highest BCUT2D eigenvalue weighted by Gasteiger charge is 2.38. The summed E-state index contributed by atoms with van der Waals surface area (Å²) >= 11 is 0. The number of carbonyl (C=O) groups excluding carboxylic acids is 3. The van der Waals surface area contributed by atoms with Crippen LogP contribution >= 0.6 is 0 Å². The van der Waals surface area contributed by atoms with E-state index in [9.17, 15) is 29.1 Å². The maximum atomic E-state index is 13.2. The first-order valence-electron chi connectivity index (χ1n) is 12.5. The Hall–Kier alpha value is -3.51. The van der Waals surface area contributed by atoms with Gasteiger partial charge >= 0.3 is 11.9 Å². The summed E-state index contributed by atoms with van der Waals surface area (Å²) in [5, 5.41) is 23.6. The molecule has 1 aliphatic rings. The van der Waals surface area contributed by atoms with Gasteiger partial charge in [0.25, 0.3) is 0 Å². The highest BCUT2D eigenvalue weighted by atomic mass is 16.4. The lowest BCUT2D eigenvalue weighted by molar-refractivity contribution is -0.143. The van der Waals surface area contributed by atoms with Gasteiger partial charge in [-0.25, -0.2) is 4.79 Å². The number of nitrogens with one attached hydrogen (secondary N) is 2. The van der Waals surface area contributed by atoms with Crippen molar-refractivity contribution in [3.8, 4) is 0 Å². The van der Waals surface area contributed by atoms with Crippen molar-refractivity contribution >= 4 is 29.7 Å². The van der Waals surface area contributed by atoms with Crippen LogP contribution in [0.3, 0.4) is 0 Å². The molecule has 12 heteroatoms. The SMILES string of the molecule is NCCCCC(NC(=O)C(Cc1ccccc1)NC(=O)C1CCCN1C(=O)C(N)CCC(=O)O)C(=O)O. The fourth-order valence-electron chi connectivity index (χ4n) is 4.27. The standard InChI is InChI=1S/C25H37N5O7/c26-13-5-4-9-18(25(36)37)28-22(33)19(15-16-7-2-1-3-8-16)29-23(34)20-10-6-14-30(20)24(35)17(27)11-12-21(31)32/h1-3,7-8,17-20H,4-6,9-15,26-27H2,(H,28,33)(H,29,34)(H,31,32)(H,36,37). The Morgan fingerprint density at radius 2 is 1.70 bits per heavy atom. The van der Waals surface area contributed by atoms with Crippen molar-refractivity contribution in [3.63, 3.8) is 0 Å². The molecule has 0 aliphatic carbocycles. The van der Waals surface area contributed by atoms with Gasteiger partial charge in [-0.05, 0) is 50.6 Å². The number of unbranched alkanes of at least 4 members (excludes halogenated alkanes) is 1. The van der Waals surface area contributed by atoms with Gasteiger partial charge in [0, 0.05) is 19.4 Å². The lowest BCUT2D eigenvalue weighted by atomic mass is 10.0. The molecule has 1 aromatic carbocycles. The minimum absolute atomic E-state index is 0.0568. The van der Waals surface area contributed by atoms with Crippen molar-refractivity contribution in [1.82, 2.24) is 15.5 Å². The number of rotatable bonds is 15. The van der Waals surface area contributed by atoms with E-state index >= 15 is 0 Å². The quantitative estimate of drug-likeness (QED) is 0.166. The van der Waals surface area contributed by atoms with Crippen molar-refractivity contribution in [2.24, 2.45) is 11.5 Å². The number of benzene rings is 1. The number of amides is 3. The van der Waals surface area contributed by atoms with Gasteiger partial charge in [0.1, 0.15) is 18.1 Å². The molecule has 3 amide bonds. The van der Waals surface area contributed by atoms with Crippen molar-refractivity contribution < 1.29 is 34.2 Å². The Labute approximate surface area is 215 Å². The van der Waals surface area contributed by atoms with Crippen LogP contribution in [0.1, 0.15) is 50.5 Å². The molecule has 0 radical (unpaired) electrons. The fourth-order valence-corrected chi connectivity index (χ4v) is 4.27. The maximum Gasteiger partial charge on any atom is 0.326 e. The van der Waals surface area contributed by atoms with Crippen LogP contribution in [-0.2, 0) is 30.4 Å². The lowest BCUT2D eigenvalue weighted by Gasteiger charge is -2.28. The molecule has 2 rings (SSSR count). The maximum absolute atomic E-state index is 13.2. The average molecular weight is 520 g/mol. The molecule has 4 unspecified atom stereocenters. The molecule has 0 aromatic heterocycles. The van der Waals surface area contributed by atoms with E-state index < -0.39 is 53.8 Å². The second-order valence-corrected chi connectivity index (χ2v) is 9.16. The second kappa shape index (κ2) is 14.9.